The number of ether oxygens (including phenoxy) is 1. The molecule has 2 aromatic heterocycles. The average molecular weight is 492 g/mol. The van der Waals surface area contributed by atoms with Crippen LogP contribution in [-0.4, -0.2) is 42.3 Å². The van der Waals surface area contributed by atoms with Crippen LogP contribution in [0.5, 0.6) is 5.75 Å². The summed E-state index contributed by atoms with van der Waals surface area (Å²) in [5.74, 6) is 1.72. The van der Waals surface area contributed by atoms with E-state index in [4.69, 9.17) is 10.5 Å². The summed E-state index contributed by atoms with van der Waals surface area (Å²) in [5.41, 5.74) is 10.6. The Morgan fingerprint density at radius 2 is 1.97 bits per heavy atom. The Labute approximate surface area is 205 Å². The van der Waals surface area contributed by atoms with E-state index >= 15 is 0 Å². The van der Waals surface area contributed by atoms with Gasteiger partial charge in [0.2, 0.25) is 0 Å². The van der Waals surface area contributed by atoms with Crippen LogP contribution in [0.3, 0.4) is 0 Å². The number of sulfone groups is 1. The van der Waals surface area contributed by atoms with Gasteiger partial charge in [0, 0.05) is 29.4 Å². The minimum absolute atomic E-state index is 0.0189. The number of benzene rings is 1. The van der Waals surface area contributed by atoms with Gasteiger partial charge in [0.15, 0.2) is 9.84 Å². The van der Waals surface area contributed by atoms with Crippen LogP contribution in [0.15, 0.2) is 47.8 Å². The lowest BCUT2D eigenvalue weighted by Gasteiger charge is -2.30. The molecule has 182 valence electrons. The monoisotopic (exact) mass is 491 g/mol. The van der Waals surface area contributed by atoms with Crippen LogP contribution >= 0.6 is 0 Å². The van der Waals surface area contributed by atoms with E-state index in [2.05, 4.69) is 45.9 Å². The lowest BCUT2D eigenvalue weighted by atomic mass is 9.81. The Morgan fingerprint density at radius 3 is 2.77 bits per heavy atom. The molecule has 1 aromatic carbocycles. The van der Waals surface area contributed by atoms with Crippen LogP contribution in [0, 0.1) is 5.41 Å². The van der Waals surface area contributed by atoms with Crippen molar-refractivity contribution in [1.82, 2.24) is 15.0 Å². The maximum atomic E-state index is 12.5. The molecule has 9 heteroatoms. The molecule has 8 nitrogen and oxygen atoms in total. The molecule has 0 atom stereocenters. The van der Waals surface area contributed by atoms with Gasteiger partial charge in [-0.2, -0.15) is 0 Å². The Bertz CT molecular complexity index is 1430. The normalized spacial score (nSPS) is 16.7. The number of anilines is 2. The summed E-state index contributed by atoms with van der Waals surface area (Å²) in [5, 5.41) is 0. The number of allylic oxidation sites excluding steroid dienone is 1. The van der Waals surface area contributed by atoms with Crippen molar-refractivity contribution in [3.8, 4) is 16.9 Å². The fraction of sp³-hybridized carbons (Fsp3) is 0.346. The molecule has 0 spiro atoms. The summed E-state index contributed by atoms with van der Waals surface area (Å²) < 4.78 is 31.0. The average Bonchev–Trinajstić information content (AvgIpc) is 3.05. The fourth-order valence-corrected chi connectivity index (χ4v) is 5.58. The topological polar surface area (TPSA) is 111 Å². The Hall–Kier alpha value is -3.46. The van der Waals surface area contributed by atoms with Gasteiger partial charge in [0.05, 0.1) is 18.0 Å². The van der Waals surface area contributed by atoms with Crippen LogP contribution in [0.2, 0.25) is 0 Å². The summed E-state index contributed by atoms with van der Waals surface area (Å²) >= 11 is 0. The SMILES string of the molecule is CCS(=O)(=O)c1cc(-c2ccc3c(c2)CN(c2ncnc4c2CC(C)(C)C=C4)CCO3)cnc1N. The van der Waals surface area contributed by atoms with Crippen molar-refractivity contribution in [3.05, 3.63) is 59.7 Å². The van der Waals surface area contributed by atoms with Crippen molar-refractivity contribution < 1.29 is 13.2 Å². The zero-order valence-electron chi connectivity index (χ0n) is 20.2. The predicted molar refractivity (Wildman–Crippen MR) is 137 cm³/mol. The Balaban J connectivity index is 1.52. The first-order valence-electron chi connectivity index (χ1n) is 11.7. The number of nitrogens with zero attached hydrogens (tertiary/aromatic N) is 4. The molecular weight excluding hydrogens is 462 g/mol. The quantitative estimate of drug-likeness (QED) is 0.585. The first-order chi connectivity index (χ1) is 16.7. The number of nitrogen functional groups attached to an aromatic ring is 1. The molecule has 35 heavy (non-hydrogen) atoms. The van der Waals surface area contributed by atoms with Gasteiger partial charge < -0.3 is 15.4 Å². The summed E-state index contributed by atoms with van der Waals surface area (Å²) in [6, 6.07) is 7.48. The largest absolute Gasteiger partial charge is 0.491 e. The minimum Gasteiger partial charge on any atom is -0.491 e. The highest BCUT2D eigenvalue weighted by atomic mass is 32.2. The number of fused-ring (bicyclic) bond motifs is 2. The van der Waals surface area contributed by atoms with Gasteiger partial charge in [-0.25, -0.2) is 23.4 Å². The second-order valence-corrected chi connectivity index (χ2v) is 11.9. The van der Waals surface area contributed by atoms with E-state index in [-0.39, 0.29) is 21.9 Å². The maximum absolute atomic E-state index is 12.5. The molecule has 3 aromatic rings. The van der Waals surface area contributed by atoms with Crippen molar-refractivity contribution in [3.63, 3.8) is 0 Å². The van der Waals surface area contributed by atoms with E-state index in [1.807, 2.05) is 18.2 Å². The third-order valence-corrected chi connectivity index (χ3v) is 8.31. The molecule has 0 fully saturated rings. The molecule has 2 aliphatic rings. The molecule has 0 bridgehead atoms. The molecule has 0 saturated carbocycles. The van der Waals surface area contributed by atoms with E-state index in [1.165, 1.54) is 0 Å². The molecule has 0 radical (unpaired) electrons. The molecular formula is C26H29N5O3S. The summed E-state index contributed by atoms with van der Waals surface area (Å²) in [6.45, 7) is 7.86. The number of aromatic nitrogens is 3. The highest BCUT2D eigenvalue weighted by Gasteiger charge is 2.28. The number of hydrogen-bond donors (Lipinski definition) is 1. The van der Waals surface area contributed by atoms with Crippen LogP contribution in [0.4, 0.5) is 11.6 Å². The maximum Gasteiger partial charge on any atom is 0.181 e. The van der Waals surface area contributed by atoms with Crippen molar-refractivity contribution in [2.24, 2.45) is 5.41 Å². The van der Waals surface area contributed by atoms with Crippen molar-refractivity contribution in [1.29, 1.82) is 0 Å². The predicted octanol–water partition coefficient (Wildman–Crippen LogP) is 3.91. The van der Waals surface area contributed by atoms with E-state index in [0.29, 0.717) is 25.3 Å². The zero-order valence-corrected chi connectivity index (χ0v) is 21.0. The van der Waals surface area contributed by atoms with Gasteiger partial charge >= 0.3 is 0 Å². The lowest BCUT2D eigenvalue weighted by Crippen LogP contribution is -2.29. The van der Waals surface area contributed by atoms with Gasteiger partial charge in [0.1, 0.15) is 35.2 Å². The smallest absolute Gasteiger partial charge is 0.181 e. The van der Waals surface area contributed by atoms with Crippen LogP contribution in [0.25, 0.3) is 17.2 Å². The van der Waals surface area contributed by atoms with E-state index in [9.17, 15) is 8.42 Å². The summed E-state index contributed by atoms with van der Waals surface area (Å²) in [7, 11) is -3.49. The standard InChI is InChI=1S/C26H29N5O3S/c1-4-35(32,33)23-12-18(14-28-24(23)27)17-5-6-22-19(11-17)15-31(9-10-34-22)25-20-13-26(2,3)8-7-21(20)29-16-30-25/h5-8,11-12,14,16H,4,9-10,13,15H2,1-3H3,(H2,27,28). The lowest BCUT2D eigenvalue weighted by molar-refractivity contribution is 0.331. The second kappa shape index (κ2) is 8.64. The Morgan fingerprint density at radius 1 is 1.14 bits per heavy atom. The summed E-state index contributed by atoms with van der Waals surface area (Å²) in [6.07, 6.45) is 8.38. The van der Waals surface area contributed by atoms with Crippen molar-refractivity contribution >= 4 is 27.5 Å². The summed E-state index contributed by atoms with van der Waals surface area (Å²) in [4.78, 5) is 15.6. The van der Waals surface area contributed by atoms with Crippen molar-refractivity contribution in [2.75, 3.05) is 29.5 Å². The van der Waals surface area contributed by atoms with E-state index in [1.54, 1.807) is 25.5 Å². The van der Waals surface area contributed by atoms with Gasteiger partial charge in [-0.15, -0.1) is 0 Å². The second-order valence-electron chi connectivity index (χ2n) is 9.66. The molecule has 3 heterocycles. The van der Waals surface area contributed by atoms with Gasteiger partial charge in [-0.3, -0.25) is 0 Å². The van der Waals surface area contributed by atoms with Crippen LogP contribution < -0.4 is 15.4 Å². The minimum atomic E-state index is -3.49. The first-order valence-corrected chi connectivity index (χ1v) is 13.3. The molecule has 1 aliphatic heterocycles. The Kier molecular flexibility index (Phi) is 5.75. The number of nitrogens with two attached hydrogens (primary N) is 1. The van der Waals surface area contributed by atoms with Gasteiger partial charge in [-0.05, 0) is 41.7 Å². The van der Waals surface area contributed by atoms with E-state index < -0.39 is 9.84 Å². The molecule has 2 N–H and O–H groups in total. The number of hydrogen-bond acceptors (Lipinski definition) is 8. The van der Waals surface area contributed by atoms with Gasteiger partial charge in [-0.1, -0.05) is 32.9 Å². The number of pyridine rings is 1. The van der Waals surface area contributed by atoms with Crippen molar-refractivity contribution in [2.45, 2.75) is 38.6 Å². The molecule has 0 amide bonds. The third kappa shape index (κ3) is 4.48. The third-order valence-electron chi connectivity index (χ3n) is 6.55. The number of rotatable bonds is 4. The molecule has 0 saturated heterocycles. The molecule has 1 aliphatic carbocycles. The fourth-order valence-electron chi connectivity index (χ4n) is 4.59. The van der Waals surface area contributed by atoms with Crippen LogP contribution in [-0.2, 0) is 22.8 Å². The first kappa shape index (κ1) is 23.3. The zero-order chi connectivity index (χ0) is 24.8. The molecule has 0 unspecified atom stereocenters. The highest BCUT2D eigenvalue weighted by Crippen LogP contribution is 2.37. The van der Waals surface area contributed by atoms with Crippen LogP contribution in [0.1, 0.15) is 37.6 Å². The molecule has 5 rings (SSSR count). The van der Waals surface area contributed by atoms with Gasteiger partial charge in [0.25, 0.3) is 0 Å². The van der Waals surface area contributed by atoms with E-state index in [0.717, 1.165) is 40.4 Å². The highest BCUT2D eigenvalue weighted by molar-refractivity contribution is 7.91.